The molecular formula is C43H29N3S. The SMILES string of the molecule is CC1(C)c2ccccc2-c2nc(-c3cccc(-n4c5ccccc5c5ccc6c7ccccc7sc6c54)c3)nc(-c3ccccc3)c21. The molecule has 0 unspecified atom stereocenters. The molecule has 0 radical (unpaired) electrons. The van der Waals surface area contributed by atoms with Crippen molar-refractivity contribution in [1.82, 2.24) is 14.5 Å². The van der Waals surface area contributed by atoms with Gasteiger partial charge in [-0.3, -0.25) is 0 Å². The number of thiophene rings is 1. The molecule has 0 spiro atoms. The van der Waals surface area contributed by atoms with Gasteiger partial charge < -0.3 is 4.57 Å². The van der Waals surface area contributed by atoms with Crippen molar-refractivity contribution in [3.8, 4) is 39.6 Å². The second-order valence-electron chi connectivity index (χ2n) is 13.0. The zero-order valence-electron chi connectivity index (χ0n) is 26.0. The minimum Gasteiger partial charge on any atom is -0.308 e. The lowest BCUT2D eigenvalue weighted by Crippen LogP contribution is -2.17. The Morgan fingerprint density at radius 1 is 0.574 bits per heavy atom. The number of nitrogens with zero attached hydrogens (tertiary/aromatic N) is 3. The van der Waals surface area contributed by atoms with Crippen molar-refractivity contribution in [3.63, 3.8) is 0 Å². The van der Waals surface area contributed by atoms with Gasteiger partial charge in [0.15, 0.2) is 5.82 Å². The van der Waals surface area contributed by atoms with E-state index in [4.69, 9.17) is 9.97 Å². The first kappa shape index (κ1) is 26.6. The second-order valence-corrected chi connectivity index (χ2v) is 14.0. The van der Waals surface area contributed by atoms with Gasteiger partial charge in [-0.2, -0.15) is 0 Å². The van der Waals surface area contributed by atoms with Crippen LogP contribution in [-0.4, -0.2) is 14.5 Å². The van der Waals surface area contributed by atoms with E-state index < -0.39 is 0 Å². The molecule has 1 aliphatic carbocycles. The molecule has 0 bridgehead atoms. The van der Waals surface area contributed by atoms with Gasteiger partial charge in [0.1, 0.15) is 0 Å². The molecule has 3 nitrogen and oxygen atoms in total. The van der Waals surface area contributed by atoms with Crippen LogP contribution in [0.1, 0.15) is 25.0 Å². The van der Waals surface area contributed by atoms with Crippen LogP contribution in [-0.2, 0) is 5.41 Å². The van der Waals surface area contributed by atoms with Crippen molar-refractivity contribution in [1.29, 1.82) is 0 Å². The van der Waals surface area contributed by atoms with E-state index in [0.717, 1.165) is 34.0 Å². The second kappa shape index (κ2) is 9.71. The summed E-state index contributed by atoms with van der Waals surface area (Å²) in [5, 5.41) is 5.13. The highest BCUT2D eigenvalue weighted by Crippen LogP contribution is 2.51. The van der Waals surface area contributed by atoms with Crippen LogP contribution in [0.2, 0.25) is 0 Å². The van der Waals surface area contributed by atoms with E-state index in [0.29, 0.717) is 0 Å². The molecule has 10 rings (SSSR count). The molecule has 0 fully saturated rings. The Kier molecular flexibility index (Phi) is 5.50. The molecule has 6 aromatic carbocycles. The molecule has 0 saturated heterocycles. The summed E-state index contributed by atoms with van der Waals surface area (Å²) in [5.74, 6) is 0.740. The molecule has 222 valence electrons. The van der Waals surface area contributed by atoms with Gasteiger partial charge in [0.2, 0.25) is 0 Å². The van der Waals surface area contributed by atoms with E-state index in [-0.39, 0.29) is 5.41 Å². The van der Waals surface area contributed by atoms with Crippen LogP contribution in [0.5, 0.6) is 0 Å². The van der Waals surface area contributed by atoms with Crippen LogP contribution in [0.15, 0.2) is 140 Å². The summed E-state index contributed by atoms with van der Waals surface area (Å²) in [4.78, 5) is 10.7. The maximum atomic E-state index is 5.37. The molecule has 0 saturated carbocycles. The van der Waals surface area contributed by atoms with Crippen LogP contribution in [0, 0.1) is 0 Å². The van der Waals surface area contributed by atoms with Crippen LogP contribution in [0.25, 0.3) is 81.6 Å². The average molecular weight is 620 g/mol. The quantitative estimate of drug-likeness (QED) is 0.197. The number of para-hydroxylation sites is 1. The van der Waals surface area contributed by atoms with Gasteiger partial charge in [0, 0.05) is 59.6 Å². The van der Waals surface area contributed by atoms with E-state index >= 15 is 0 Å². The zero-order chi connectivity index (χ0) is 31.3. The lowest BCUT2D eigenvalue weighted by molar-refractivity contribution is 0.658. The molecule has 1 aliphatic rings. The van der Waals surface area contributed by atoms with Crippen LogP contribution < -0.4 is 0 Å². The normalized spacial score (nSPS) is 13.5. The lowest BCUT2D eigenvalue weighted by atomic mass is 9.81. The average Bonchev–Trinajstić information content (AvgIpc) is 3.74. The lowest BCUT2D eigenvalue weighted by Gasteiger charge is -2.23. The molecule has 9 aromatic rings. The molecule has 3 aromatic heterocycles. The Balaban J connectivity index is 1.25. The van der Waals surface area contributed by atoms with Gasteiger partial charge in [0.25, 0.3) is 0 Å². The van der Waals surface area contributed by atoms with Gasteiger partial charge in [-0.15, -0.1) is 11.3 Å². The van der Waals surface area contributed by atoms with Gasteiger partial charge in [-0.25, -0.2) is 9.97 Å². The number of hydrogen-bond acceptors (Lipinski definition) is 3. The van der Waals surface area contributed by atoms with Crippen LogP contribution in [0.3, 0.4) is 0 Å². The highest BCUT2D eigenvalue weighted by Gasteiger charge is 2.40. The Morgan fingerprint density at radius 3 is 2.17 bits per heavy atom. The van der Waals surface area contributed by atoms with Crippen LogP contribution >= 0.6 is 11.3 Å². The topological polar surface area (TPSA) is 30.7 Å². The number of rotatable bonds is 3. The first-order valence-corrected chi connectivity index (χ1v) is 16.9. The third-order valence-electron chi connectivity index (χ3n) is 9.98. The molecule has 0 aliphatic heterocycles. The van der Waals surface area contributed by atoms with Crippen LogP contribution in [0.4, 0.5) is 0 Å². The van der Waals surface area contributed by atoms with Crippen molar-refractivity contribution < 1.29 is 0 Å². The predicted molar refractivity (Wildman–Crippen MR) is 198 cm³/mol. The standard InChI is InChI=1S/C43H29N3S/c1-43(2)34-20-9-6-19-33(34)39-37(43)38(26-13-4-3-5-14-26)44-42(45-39)27-15-12-16-28(25-27)46-35-21-10-7-17-29(35)31-23-24-32-30-18-8-11-22-36(30)47-41(32)40(31)46/h3-25H,1-2H3. The highest BCUT2D eigenvalue weighted by atomic mass is 32.1. The summed E-state index contributed by atoms with van der Waals surface area (Å²) in [6, 6.07) is 50.1. The maximum Gasteiger partial charge on any atom is 0.160 e. The van der Waals surface area contributed by atoms with Crippen molar-refractivity contribution >= 4 is 53.3 Å². The summed E-state index contributed by atoms with van der Waals surface area (Å²) < 4.78 is 5.06. The third-order valence-corrected chi connectivity index (χ3v) is 11.2. The van der Waals surface area contributed by atoms with E-state index in [1.165, 1.54) is 58.7 Å². The fraction of sp³-hybridized carbons (Fsp3) is 0.0698. The fourth-order valence-electron chi connectivity index (χ4n) is 7.83. The smallest absolute Gasteiger partial charge is 0.160 e. The van der Waals surface area contributed by atoms with Gasteiger partial charge in [-0.1, -0.05) is 129 Å². The Hall–Kier alpha value is -5.58. The van der Waals surface area contributed by atoms with Gasteiger partial charge in [-0.05, 0) is 29.8 Å². The summed E-state index contributed by atoms with van der Waals surface area (Å²) in [7, 11) is 0. The minimum absolute atomic E-state index is 0.212. The summed E-state index contributed by atoms with van der Waals surface area (Å²) in [5.41, 5.74) is 11.2. The van der Waals surface area contributed by atoms with E-state index in [9.17, 15) is 0 Å². The summed E-state index contributed by atoms with van der Waals surface area (Å²) in [6.07, 6.45) is 0. The van der Waals surface area contributed by atoms with Gasteiger partial charge >= 0.3 is 0 Å². The van der Waals surface area contributed by atoms with E-state index in [1.807, 2.05) is 11.3 Å². The monoisotopic (exact) mass is 619 g/mol. The van der Waals surface area contributed by atoms with Crippen molar-refractivity contribution in [3.05, 3.63) is 151 Å². The maximum absolute atomic E-state index is 5.37. The summed E-state index contributed by atoms with van der Waals surface area (Å²) in [6.45, 7) is 4.59. The largest absolute Gasteiger partial charge is 0.308 e. The van der Waals surface area contributed by atoms with E-state index in [1.54, 1.807) is 0 Å². The molecule has 0 amide bonds. The van der Waals surface area contributed by atoms with Crippen molar-refractivity contribution in [2.24, 2.45) is 0 Å². The molecule has 47 heavy (non-hydrogen) atoms. The third kappa shape index (κ3) is 3.73. The number of benzene rings is 6. The number of aromatic nitrogens is 3. The Labute approximate surface area is 276 Å². The fourth-order valence-corrected chi connectivity index (χ4v) is 9.07. The first-order chi connectivity index (χ1) is 23.1. The summed E-state index contributed by atoms with van der Waals surface area (Å²) >= 11 is 1.88. The Bertz CT molecular complexity index is 2710. The number of hydrogen-bond donors (Lipinski definition) is 0. The zero-order valence-corrected chi connectivity index (χ0v) is 26.8. The molecule has 0 atom stereocenters. The van der Waals surface area contributed by atoms with E-state index in [2.05, 4.69) is 158 Å². The van der Waals surface area contributed by atoms with Crippen molar-refractivity contribution in [2.45, 2.75) is 19.3 Å². The molecule has 0 N–H and O–H groups in total. The molecule has 3 heterocycles. The Morgan fingerprint density at radius 2 is 1.28 bits per heavy atom. The van der Waals surface area contributed by atoms with Crippen molar-refractivity contribution in [2.75, 3.05) is 0 Å². The van der Waals surface area contributed by atoms with Gasteiger partial charge in [0.05, 0.1) is 27.1 Å². The molecule has 4 heteroatoms. The molecular weight excluding hydrogens is 591 g/mol. The minimum atomic E-state index is -0.212. The predicted octanol–water partition coefficient (Wildman–Crippen LogP) is 11.6. The number of fused-ring (bicyclic) bond motifs is 10. The highest BCUT2D eigenvalue weighted by molar-refractivity contribution is 7.26. The first-order valence-electron chi connectivity index (χ1n) is 16.1.